The van der Waals surface area contributed by atoms with E-state index in [1.165, 1.54) is 154 Å². The monoisotopic (exact) mass is 777 g/mol. The third kappa shape index (κ3) is 35.1. The molecule has 1 heterocycles. The molecule has 0 aromatic heterocycles. The zero-order valence-electron chi connectivity index (χ0n) is 36.8. The van der Waals surface area contributed by atoms with Crippen molar-refractivity contribution in [3.63, 3.8) is 0 Å². The molecule has 8 nitrogen and oxygen atoms in total. The summed E-state index contributed by atoms with van der Waals surface area (Å²) in [6, 6.07) is 0. The van der Waals surface area contributed by atoms with E-state index in [0.29, 0.717) is 19.4 Å². The third-order valence-corrected chi connectivity index (χ3v) is 11.2. The lowest BCUT2D eigenvalue weighted by Crippen LogP contribution is -2.37. The summed E-state index contributed by atoms with van der Waals surface area (Å²) in [5, 5.41) is 2.11. The first-order chi connectivity index (χ1) is 27.1. The van der Waals surface area contributed by atoms with Crippen molar-refractivity contribution in [3.8, 4) is 0 Å². The quantitative estimate of drug-likeness (QED) is 0.0468. The molecule has 0 unspecified atom stereocenters. The van der Waals surface area contributed by atoms with Crippen molar-refractivity contribution < 1.29 is 19.1 Å². The molecule has 0 spiro atoms. The van der Waals surface area contributed by atoms with E-state index in [0.717, 1.165) is 77.5 Å². The van der Waals surface area contributed by atoms with Gasteiger partial charge in [0.05, 0.1) is 6.61 Å². The molecule has 0 amide bonds. The van der Waals surface area contributed by atoms with Gasteiger partial charge in [0.2, 0.25) is 0 Å². The number of nitrogens with one attached hydrogen (secondary N) is 2. The summed E-state index contributed by atoms with van der Waals surface area (Å²) in [4.78, 5) is 27.6. The summed E-state index contributed by atoms with van der Waals surface area (Å²) in [6.07, 6.45) is 44.0. The summed E-state index contributed by atoms with van der Waals surface area (Å²) < 4.78 is 11.5. The predicted molar refractivity (Wildman–Crippen MR) is 233 cm³/mol. The zero-order chi connectivity index (χ0) is 39.7. The van der Waals surface area contributed by atoms with Crippen molar-refractivity contribution in [1.29, 1.82) is 0 Å². The maximum atomic E-state index is 12.8. The Balaban J connectivity index is 2.23. The molecule has 0 bridgehead atoms. The fraction of sp³-hybridized carbons (Fsp3) is 0.915. The Hall–Kier alpha value is -1.80. The molecule has 0 fully saturated rings. The minimum atomic E-state index is -0.0131. The molecule has 0 aromatic rings. The van der Waals surface area contributed by atoms with Crippen molar-refractivity contribution in [3.05, 3.63) is 12.4 Å². The molecule has 8 heteroatoms. The van der Waals surface area contributed by atoms with Crippen LogP contribution in [-0.2, 0) is 19.1 Å². The Bertz CT molecular complexity index is 856. The van der Waals surface area contributed by atoms with Crippen molar-refractivity contribution in [2.75, 3.05) is 32.8 Å². The van der Waals surface area contributed by atoms with Crippen LogP contribution in [-0.4, -0.2) is 60.7 Å². The van der Waals surface area contributed by atoms with E-state index in [2.05, 4.69) is 47.8 Å². The topological polar surface area (TPSA) is 83.1 Å². The maximum absolute atomic E-state index is 12.8. The second-order valence-electron chi connectivity index (χ2n) is 16.6. The van der Waals surface area contributed by atoms with Crippen LogP contribution >= 0.6 is 0 Å². The fourth-order valence-corrected chi connectivity index (χ4v) is 7.61. The first kappa shape index (κ1) is 51.2. The Morgan fingerprint density at radius 1 is 0.527 bits per heavy atom. The molecule has 0 aliphatic carbocycles. The van der Waals surface area contributed by atoms with Gasteiger partial charge in [0.25, 0.3) is 0 Å². The van der Waals surface area contributed by atoms with E-state index in [1.54, 1.807) is 0 Å². The number of carbonyl (C=O) groups is 2. The highest BCUT2D eigenvalue weighted by molar-refractivity contribution is 5.69. The SMILES string of the molecule is CCCCCCCCCOC(=O)CCCCCCCN(CCCCCCCC(=O)OC(CCCCCCCC)CCCCCCCC)CCCN1C=CNN1. The lowest BCUT2D eigenvalue weighted by molar-refractivity contribution is -0.150. The molecule has 1 aliphatic heterocycles. The molecule has 0 saturated carbocycles. The number of esters is 2. The predicted octanol–water partition coefficient (Wildman–Crippen LogP) is 12.9. The molecule has 2 N–H and O–H groups in total. The second-order valence-corrected chi connectivity index (χ2v) is 16.6. The molecule has 0 atom stereocenters. The molecular formula is C47H92N4O4. The van der Waals surface area contributed by atoms with Gasteiger partial charge in [0, 0.05) is 31.8 Å². The van der Waals surface area contributed by atoms with Gasteiger partial charge in [0.15, 0.2) is 0 Å². The van der Waals surface area contributed by atoms with Gasteiger partial charge in [-0.15, -0.1) is 5.53 Å². The Labute approximate surface area is 341 Å². The van der Waals surface area contributed by atoms with Crippen molar-refractivity contribution in [2.45, 2.75) is 245 Å². The summed E-state index contributed by atoms with van der Waals surface area (Å²) in [5.74, 6) is 0.0188. The third-order valence-electron chi connectivity index (χ3n) is 11.2. The summed E-state index contributed by atoms with van der Waals surface area (Å²) >= 11 is 0. The average Bonchev–Trinajstić information content (AvgIpc) is 3.71. The van der Waals surface area contributed by atoms with Crippen LogP contribution in [0.3, 0.4) is 0 Å². The average molecular weight is 777 g/mol. The van der Waals surface area contributed by atoms with Gasteiger partial charge in [-0.25, -0.2) is 0 Å². The van der Waals surface area contributed by atoms with Crippen molar-refractivity contribution in [2.24, 2.45) is 0 Å². The molecular weight excluding hydrogens is 685 g/mol. The van der Waals surface area contributed by atoms with E-state index in [1.807, 2.05) is 6.20 Å². The number of ether oxygens (including phenoxy) is 2. The largest absolute Gasteiger partial charge is 0.466 e. The van der Waals surface area contributed by atoms with Gasteiger partial charge in [-0.3, -0.25) is 14.6 Å². The summed E-state index contributed by atoms with van der Waals surface area (Å²) in [6.45, 7) is 11.8. The van der Waals surface area contributed by atoms with Gasteiger partial charge in [-0.1, -0.05) is 162 Å². The highest BCUT2D eigenvalue weighted by atomic mass is 16.5. The van der Waals surface area contributed by atoms with E-state index >= 15 is 0 Å². The van der Waals surface area contributed by atoms with Crippen LogP contribution in [0, 0.1) is 0 Å². The van der Waals surface area contributed by atoms with Crippen LogP contribution in [0.4, 0.5) is 0 Å². The van der Waals surface area contributed by atoms with E-state index < -0.39 is 0 Å². The van der Waals surface area contributed by atoms with Crippen molar-refractivity contribution >= 4 is 11.9 Å². The number of hydrogen-bond acceptors (Lipinski definition) is 8. The lowest BCUT2D eigenvalue weighted by atomic mass is 10.0. The van der Waals surface area contributed by atoms with Gasteiger partial charge in [0.1, 0.15) is 6.10 Å². The molecule has 0 aromatic carbocycles. The highest BCUT2D eigenvalue weighted by Gasteiger charge is 2.15. The number of hydrazine groups is 2. The van der Waals surface area contributed by atoms with E-state index in [-0.39, 0.29) is 18.0 Å². The molecule has 1 aliphatic rings. The minimum Gasteiger partial charge on any atom is -0.466 e. The van der Waals surface area contributed by atoms with Crippen LogP contribution in [0.15, 0.2) is 12.4 Å². The molecule has 55 heavy (non-hydrogen) atoms. The van der Waals surface area contributed by atoms with Crippen LogP contribution < -0.4 is 11.0 Å². The Morgan fingerprint density at radius 2 is 0.964 bits per heavy atom. The number of rotatable bonds is 43. The van der Waals surface area contributed by atoms with Gasteiger partial charge in [-0.2, -0.15) is 0 Å². The minimum absolute atomic E-state index is 0.0131. The highest BCUT2D eigenvalue weighted by Crippen LogP contribution is 2.19. The van der Waals surface area contributed by atoms with Gasteiger partial charge >= 0.3 is 11.9 Å². The smallest absolute Gasteiger partial charge is 0.306 e. The number of unbranched alkanes of at least 4 members (excludes halogenated alkanes) is 24. The number of hydrogen-bond donors (Lipinski definition) is 2. The maximum Gasteiger partial charge on any atom is 0.306 e. The first-order valence-electron chi connectivity index (χ1n) is 24.1. The van der Waals surface area contributed by atoms with Gasteiger partial charge < -0.3 is 19.8 Å². The lowest BCUT2D eigenvalue weighted by Gasteiger charge is -2.24. The Kier molecular flexibility index (Phi) is 37.6. The zero-order valence-corrected chi connectivity index (χ0v) is 36.8. The van der Waals surface area contributed by atoms with Crippen LogP contribution in [0.5, 0.6) is 0 Å². The molecule has 1 rings (SSSR count). The van der Waals surface area contributed by atoms with Crippen molar-refractivity contribution in [1.82, 2.24) is 20.9 Å². The summed E-state index contributed by atoms with van der Waals surface area (Å²) in [7, 11) is 0. The molecule has 0 saturated heterocycles. The fourth-order valence-electron chi connectivity index (χ4n) is 7.61. The Morgan fingerprint density at radius 3 is 1.47 bits per heavy atom. The van der Waals surface area contributed by atoms with E-state index in [4.69, 9.17) is 9.47 Å². The van der Waals surface area contributed by atoms with Crippen LogP contribution in [0.1, 0.15) is 239 Å². The number of carbonyl (C=O) groups excluding carboxylic acids is 2. The normalized spacial score (nSPS) is 12.6. The van der Waals surface area contributed by atoms with Crippen LogP contribution in [0.25, 0.3) is 0 Å². The van der Waals surface area contributed by atoms with Gasteiger partial charge in [-0.05, 0) is 83.8 Å². The van der Waals surface area contributed by atoms with E-state index in [9.17, 15) is 9.59 Å². The molecule has 324 valence electrons. The van der Waals surface area contributed by atoms with Crippen LogP contribution in [0.2, 0.25) is 0 Å². The summed E-state index contributed by atoms with van der Waals surface area (Å²) in [5.41, 5.74) is 6.18. The first-order valence-corrected chi connectivity index (χ1v) is 24.1. The molecule has 0 radical (unpaired) electrons. The number of nitrogens with zero attached hydrogens (tertiary/aromatic N) is 2. The standard InChI is InChI=1S/C47H92N4O4/c1-4-7-10-13-16-25-32-44-54-46(52)36-28-21-17-23-30-39-50(41-33-42-51-43-38-48-49-51)40-31-24-18-22-29-37-47(53)55-45(34-26-19-14-11-8-5-2)35-27-20-15-12-9-6-3/h38,43,45,48-49H,4-37,39-42,44H2,1-3H3. The second kappa shape index (κ2) is 40.4.